The summed E-state index contributed by atoms with van der Waals surface area (Å²) in [6.07, 6.45) is 3.01. The van der Waals surface area contributed by atoms with Crippen LogP contribution < -0.4 is 10.6 Å². The van der Waals surface area contributed by atoms with Crippen LogP contribution in [0.1, 0.15) is 92.8 Å². The predicted octanol–water partition coefficient (Wildman–Crippen LogP) is 7.85. The summed E-state index contributed by atoms with van der Waals surface area (Å²) >= 11 is 0. The topological polar surface area (TPSA) is 108 Å². The number of hydrogen-bond donors (Lipinski definition) is 3. The molecule has 8 nitrogen and oxygen atoms in total. The molecule has 3 amide bonds. The van der Waals surface area contributed by atoms with E-state index >= 15 is 0 Å². The van der Waals surface area contributed by atoms with Crippen LogP contribution in [-0.4, -0.2) is 46.1 Å². The quantitative estimate of drug-likeness (QED) is 0.167. The zero-order chi connectivity index (χ0) is 34.0. The number of amides is 3. The maximum Gasteiger partial charge on any atom is 0.408 e. The Kier molecular flexibility index (Phi) is 12.8. The highest BCUT2D eigenvalue weighted by Crippen LogP contribution is 2.31. The number of unbranched alkanes of at least 4 members (excludes halogenated alkanes) is 3. The number of benzene rings is 3. The van der Waals surface area contributed by atoms with E-state index in [1.807, 2.05) is 64.1 Å². The van der Waals surface area contributed by atoms with Crippen molar-refractivity contribution in [3.63, 3.8) is 0 Å². The molecule has 0 aliphatic rings. The monoisotopic (exact) mass is 629 g/mol. The standard InChI is InChI=1S/C38H51N3O5/c1-9-10-11-12-23-41(36(44)32(39-37(45)46-38(6,7)8)24-29-19-21-30(42)22-20-29)34(31-18-14-15-25(2)28(31)5)35(43)40-33-26(3)16-13-17-27(33)4/h13-22,32,34,42H,9-12,23-24H2,1-8H3,(H,39,45)(H,40,43). The molecule has 0 aromatic heterocycles. The molecule has 8 heteroatoms. The maximum absolute atomic E-state index is 14.8. The molecule has 0 spiro atoms. The number of para-hydroxylation sites is 1. The molecule has 0 radical (unpaired) electrons. The van der Waals surface area contributed by atoms with E-state index in [-0.39, 0.29) is 18.1 Å². The van der Waals surface area contributed by atoms with Gasteiger partial charge in [0, 0.05) is 18.7 Å². The number of alkyl carbamates (subject to hydrolysis) is 1. The van der Waals surface area contributed by atoms with Crippen molar-refractivity contribution in [3.05, 3.63) is 94.0 Å². The van der Waals surface area contributed by atoms with Crippen LogP contribution in [0.25, 0.3) is 0 Å². The number of nitrogens with one attached hydrogen (secondary N) is 2. The first-order valence-electron chi connectivity index (χ1n) is 16.2. The normalized spacial score (nSPS) is 12.6. The van der Waals surface area contributed by atoms with Gasteiger partial charge in [0.05, 0.1) is 0 Å². The molecule has 0 aliphatic heterocycles. The van der Waals surface area contributed by atoms with Crippen LogP contribution >= 0.6 is 0 Å². The second-order valence-electron chi connectivity index (χ2n) is 13.1. The van der Waals surface area contributed by atoms with Gasteiger partial charge in [0.15, 0.2) is 0 Å². The second-order valence-corrected chi connectivity index (χ2v) is 13.1. The molecule has 0 fully saturated rings. The molecule has 3 aromatic carbocycles. The molecule has 3 rings (SSSR count). The van der Waals surface area contributed by atoms with Crippen LogP contribution in [0.3, 0.4) is 0 Å². The number of aryl methyl sites for hydroxylation is 3. The lowest BCUT2D eigenvalue weighted by Crippen LogP contribution is -2.53. The molecule has 0 heterocycles. The van der Waals surface area contributed by atoms with Crippen LogP contribution in [0.2, 0.25) is 0 Å². The molecule has 248 valence electrons. The van der Waals surface area contributed by atoms with Crippen molar-refractivity contribution in [2.75, 3.05) is 11.9 Å². The Morgan fingerprint density at radius 3 is 2.07 bits per heavy atom. The molecule has 0 saturated heterocycles. The zero-order valence-electron chi connectivity index (χ0n) is 28.7. The van der Waals surface area contributed by atoms with E-state index in [9.17, 15) is 19.5 Å². The van der Waals surface area contributed by atoms with Crippen molar-refractivity contribution in [2.45, 2.75) is 105 Å². The van der Waals surface area contributed by atoms with Gasteiger partial charge in [-0.15, -0.1) is 0 Å². The fourth-order valence-corrected chi connectivity index (χ4v) is 5.52. The Morgan fingerprint density at radius 1 is 0.848 bits per heavy atom. The summed E-state index contributed by atoms with van der Waals surface area (Å²) in [6, 6.07) is 16.2. The van der Waals surface area contributed by atoms with Gasteiger partial charge in [-0.25, -0.2) is 4.79 Å². The van der Waals surface area contributed by atoms with Crippen molar-refractivity contribution < 1.29 is 24.2 Å². The zero-order valence-corrected chi connectivity index (χ0v) is 28.7. The number of phenolic OH excluding ortho intramolecular Hbond substituents is 1. The van der Waals surface area contributed by atoms with Crippen molar-refractivity contribution >= 4 is 23.6 Å². The van der Waals surface area contributed by atoms with Crippen molar-refractivity contribution in [3.8, 4) is 5.75 Å². The van der Waals surface area contributed by atoms with E-state index in [4.69, 9.17) is 4.74 Å². The van der Waals surface area contributed by atoms with Crippen molar-refractivity contribution in [2.24, 2.45) is 0 Å². The van der Waals surface area contributed by atoms with Gasteiger partial charge >= 0.3 is 6.09 Å². The minimum Gasteiger partial charge on any atom is -0.508 e. The van der Waals surface area contributed by atoms with E-state index in [2.05, 4.69) is 17.6 Å². The van der Waals surface area contributed by atoms with Crippen molar-refractivity contribution in [1.82, 2.24) is 10.2 Å². The Balaban J connectivity index is 2.15. The van der Waals surface area contributed by atoms with E-state index in [0.29, 0.717) is 18.7 Å². The van der Waals surface area contributed by atoms with Crippen LogP contribution in [0, 0.1) is 27.7 Å². The number of hydrogen-bond acceptors (Lipinski definition) is 5. The highest BCUT2D eigenvalue weighted by Gasteiger charge is 2.37. The molecule has 2 atom stereocenters. The van der Waals surface area contributed by atoms with Gasteiger partial charge in [-0.2, -0.15) is 0 Å². The van der Waals surface area contributed by atoms with Gasteiger partial charge < -0.3 is 25.4 Å². The molecule has 0 aliphatic carbocycles. The highest BCUT2D eigenvalue weighted by atomic mass is 16.6. The Labute approximate surface area is 274 Å². The van der Waals surface area contributed by atoms with E-state index < -0.39 is 29.7 Å². The first-order valence-corrected chi connectivity index (χ1v) is 16.2. The average molecular weight is 630 g/mol. The number of ether oxygens (including phenoxy) is 1. The highest BCUT2D eigenvalue weighted by molar-refractivity contribution is 6.00. The Bertz CT molecular complexity index is 1470. The summed E-state index contributed by atoms with van der Waals surface area (Å²) in [7, 11) is 0. The Hall–Kier alpha value is -4.33. The van der Waals surface area contributed by atoms with Gasteiger partial charge in [0.25, 0.3) is 5.91 Å². The molecule has 2 unspecified atom stereocenters. The third-order valence-electron chi connectivity index (χ3n) is 8.13. The smallest absolute Gasteiger partial charge is 0.408 e. The summed E-state index contributed by atoms with van der Waals surface area (Å²) in [5.41, 5.74) is 5.18. The van der Waals surface area contributed by atoms with Gasteiger partial charge in [-0.3, -0.25) is 9.59 Å². The number of phenols is 1. The fraction of sp³-hybridized carbons (Fsp3) is 0.447. The minimum atomic E-state index is -1.04. The molecular formula is C38H51N3O5. The number of nitrogens with zero attached hydrogens (tertiary/aromatic N) is 1. The largest absolute Gasteiger partial charge is 0.508 e. The SMILES string of the molecule is CCCCCCN(C(=O)C(Cc1ccc(O)cc1)NC(=O)OC(C)(C)C)C(C(=O)Nc1c(C)cccc1C)c1cccc(C)c1C. The van der Waals surface area contributed by atoms with E-state index in [0.717, 1.165) is 52.6 Å². The average Bonchev–Trinajstić information content (AvgIpc) is 2.98. The summed E-state index contributed by atoms with van der Waals surface area (Å²) in [5.74, 6) is -0.615. The number of carbonyl (C=O) groups excluding carboxylic acids is 3. The van der Waals surface area contributed by atoms with E-state index in [1.54, 1.807) is 49.9 Å². The number of rotatable bonds is 13. The summed E-state index contributed by atoms with van der Waals surface area (Å²) < 4.78 is 5.56. The molecule has 0 saturated carbocycles. The van der Waals surface area contributed by atoms with Crippen molar-refractivity contribution in [1.29, 1.82) is 0 Å². The number of carbonyl (C=O) groups is 3. The predicted molar refractivity (Wildman–Crippen MR) is 184 cm³/mol. The third kappa shape index (κ3) is 10.1. The minimum absolute atomic E-state index is 0.0995. The molecule has 46 heavy (non-hydrogen) atoms. The van der Waals surface area contributed by atoms with Gasteiger partial charge in [0.2, 0.25) is 5.91 Å². The van der Waals surface area contributed by atoms with Crippen LogP contribution in [-0.2, 0) is 20.7 Å². The molecule has 3 aromatic rings. The van der Waals surface area contributed by atoms with Gasteiger partial charge in [-0.05, 0) is 100 Å². The number of aromatic hydroxyl groups is 1. The fourth-order valence-electron chi connectivity index (χ4n) is 5.52. The molecule has 3 N–H and O–H groups in total. The lowest BCUT2D eigenvalue weighted by molar-refractivity contribution is -0.140. The summed E-state index contributed by atoms with van der Waals surface area (Å²) in [6.45, 7) is 15.6. The lowest BCUT2D eigenvalue weighted by atomic mass is 9.94. The maximum atomic E-state index is 14.8. The van der Waals surface area contributed by atoms with Gasteiger partial charge in [-0.1, -0.05) is 74.7 Å². The van der Waals surface area contributed by atoms with Crippen LogP contribution in [0.15, 0.2) is 60.7 Å². The van der Waals surface area contributed by atoms with Crippen LogP contribution in [0.4, 0.5) is 10.5 Å². The van der Waals surface area contributed by atoms with Crippen LogP contribution in [0.5, 0.6) is 5.75 Å². The number of anilines is 1. The van der Waals surface area contributed by atoms with E-state index in [1.165, 1.54) is 0 Å². The second kappa shape index (κ2) is 16.3. The Morgan fingerprint density at radius 2 is 1.46 bits per heavy atom. The first-order chi connectivity index (χ1) is 21.7. The lowest BCUT2D eigenvalue weighted by Gasteiger charge is -2.35. The molecular weight excluding hydrogens is 578 g/mol. The summed E-state index contributed by atoms with van der Waals surface area (Å²) in [4.78, 5) is 44.0. The summed E-state index contributed by atoms with van der Waals surface area (Å²) in [5, 5.41) is 15.8. The molecule has 0 bridgehead atoms. The van der Waals surface area contributed by atoms with Gasteiger partial charge in [0.1, 0.15) is 23.4 Å². The third-order valence-corrected chi connectivity index (χ3v) is 8.13. The first kappa shape index (κ1) is 36.1.